The van der Waals surface area contributed by atoms with E-state index in [1.165, 1.54) is 0 Å². The fourth-order valence-electron chi connectivity index (χ4n) is 2.10. The van der Waals surface area contributed by atoms with Gasteiger partial charge in [-0.1, -0.05) is 37.3 Å². The zero-order valence-corrected chi connectivity index (χ0v) is 13.2. The molecule has 0 fully saturated rings. The average Bonchev–Trinajstić information content (AvgIpc) is 2.78. The minimum Gasteiger partial charge on any atom is -0.323 e. The van der Waals surface area contributed by atoms with Crippen LogP contribution in [0.3, 0.4) is 0 Å². The van der Waals surface area contributed by atoms with Crippen molar-refractivity contribution >= 4 is 24.0 Å². The van der Waals surface area contributed by atoms with Gasteiger partial charge in [-0.2, -0.15) is 5.10 Å². The Morgan fingerprint density at radius 3 is 2.43 bits per heavy atom. The van der Waals surface area contributed by atoms with Crippen LogP contribution in [-0.4, -0.2) is 16.1 Å². The molecule has 5 nitrogen and oxygen atoms in total. The predicted molar refractivity (Wildman–Crippen MR) is 86.5 cm³/mol. The van der Waals surface area contributed by atoms with Gasteiger partial charge >= 0.3 is 0 Å². The van der Waals surface area contributed by atoms with Gasteiger partial charge in [0.1, 0.15) is 0 Å². The second-order valence-corrected chi connectivity index (χ2v) is 5.02. The normalized spacial score (nSPS) is 13.1. The Labute approximate surface area is 130 Å². The monoisotopic (exact) mass is 308 g/mol. The predicted octanol–water partition coefficient (Wildman–Crippen LogP) is 2.72. The molecular formula is C15H21ClN4O. The van der Waals surface area contributed by atoms with Gasteiger partial charge < -0.3 is 11.1 Å². The van der Waals surface area contributed by atoms with Gasteiger partial charge in [0.15, 0.2) is 0 Å². The summed E-state index contributed by atoms with van der Waals surface area (Å²) in [5.74, 6) is -0.431. The summed E-state index contributed by atoms with van der Waals surface area (Å²) in [5, 5.41) is 9.80. The van der Waals surface area contributed by atoms with Crippen LogP contribution in [0.5, 0.6) is 0 Å². The molecule has 0 spiro atoms. The maximum Gasteiger partial charge on any atom is 0.229 e. The zero-order valence-electron chi connectivity index (χ0n) is 12.4. The summed E-state index contributed by atoms with van der Waals surface area (Å²) in [7, 11) is 0. The van der Waals surface area contributed by atoms with Gasteiger partial charge in [0.05, 0.1) is 23.0 Å². The number of nitrogens with zero attached hydrogens (tertiary/aromatic N) is 1. The van der Waals surface area contributed by atoms with Crippen LogP contribution in [0.1, 0.15) is 29.9 Å². The molecule has 2 rings (SSSR count). The molecule has 0 saturated heterocycles. The van der Waals surface area contributed by atoms with Gasteiger partial charge in [-0.05, 0) is 19.4 Å². The molecule has 0 aliphatic heterocycles. The lowest BCUT2D eigenvalue weighted by atomic mass is 9.94. The van der Waals surface area contributed by atoms with Gasteiger partial charge in [-0.15, -0.1) is 12.4 Å². The van der Waals surface area contributed by atoms with Crippen LogP contribution >= 0.6 is 12.4 Å². The summed E-state index contributed by atoms with van der Waals surface area (Å²) in [6.45, 7) is 5.55. The van der Waals surface area contributed by atoms with Crippen molar-refractivity contribution in [2.45, 2.75) is 26.8 Å². The molecule has 0 bridgehead atoms. The molecule has 2 aromatic rings. The van der Waals surface area contributed by atoms with Gasteiger partial charge in [-0.25, -0.2) is 0 Å². The Balaban J connectivity index is 0.00000220. The van der Waals surface area contributed by atoms with Crippen LogP contribution in [0.2, 0.25) is 0 Å². The summed E-state index contributed by atoms with van der Waals surface area (Å²) in [4.78, 5) is 12.3. The Hall–Kier alpha value is -1.85. The number of nitrogens with one attached hydrogen (secondary N) is 2. The molecule has 0 radical (unpaired) electrons. The van der Waals surface area contributed by atoms with Crippen molar-refractivity contribution in [1.29, 1.82) is 0 Å². The van der Waals surface area contributed by atoms with Crippen molar-refractivity contribution in [3.8, 4) is 0 Å². The molecule has 1 aromatic heterocycles. The number of carbonyl (C=O) groups excluding carboxylic acids is 1. The van der Waals surface area contributed by atoms with E-state index in [0.717, 1.165) is 22.6 Å². The van der Waals surface area contributed by atoms with Gasteiger partial charge in [0.25, 0.3) is 0 Å². The first-order chi connectivity index (χ1) is 9.50. The number of rotatable bonds is 4. The van der Waals surface area contributed by atoms with E-state index in [-0.39, 0.29) is 30.3 Å². The maximum atomic E-state index is 12.3. The lowest BCUT2D eigenvalue weighted by molar-refractivity contribution is -0.120. The first kappa shape index (κ1) is 17.2. The molecule has 1 aromatic carbocycles. The standard InChI is InChI=1S/C15H20N4O.ClH/c1-9(13(16)12-7-5-4-6-8-12)15(20)17-14-10(2)18-19-11(14)3;/h4-9,13H,16H2,1-3H3,(H,17,20)(H,18,19);1H. The number of hydrogen-bond acceptors (Lipinski definition) is 3. The number of nitrogens with two attached hydrogens (primary N) is 1. The number of aryl methyl sites for hydroxylation is 2. The van der Waals surface area contributed by atoms with E-state index in [9.17, 15) is 4.79 Å². The van der Waals surface area contributed by atoms with E-state index in [1.807, 2.05) is 51.1 Å². The SMILES string of the molecule is Cc1n[nH]c(C)c1NC(=O)C(C)C(N)c1ccccc1.Cl. The van der Waals surface area contributed by atoms with E-state index < -0.39 is 0 Å². The highest BCUT2D eigenvalue weighted by molar-refractivity contribution is 5.93. The second kappa shape index (κ2) is 7.24. The molecule has 0 aliphatic carbocycles. The summed E-state index contributed by atoms with van der Waals surface area (Å²) in [6.07, 6.45) is 0. The molecule has 0 aliphatic rings. The number of amides is 1. The molecule has 6 heteroatoms. The van der Waals surface area contributed by atoms with Crippen LogP contribution in [0.4, 0.5) is 5.69 Å². The number of hydrogen-bond donors (Lipinski definition) is 3. The van der Waals surface area contributed by atoms with Crippen molar-refractivity contribution in [3.05, 3.63) is 47.3 Å². The molecule has 1 heterocycles. The molecule has 1 amide bonds. The number of benzene rings is 1. The fourth-order valence-corrected chi connectivity index (χ4v) is 2.10. The third-order valence-electron chi connectivity index (χ3n) is 3.51. The number of H-pyrrole nitrogens is 1. The minimum absolute atomic E-state index is 0. The van der Waals surface area contributed by atoms with E-state index >= 15 is 0 Å². The lowest BCUT2D eigenvalue weighted by Gasteiger charge is -2.19. The number of carbonyl (C=O) groups is 1. The van der Waals surface area contributed by atoms with Crippen LogP contribution < -0.4 is 11.1 Å². The highest BCUT2D eigenvalue weighted by atomic mass is 35.5. The first-order valence-electron chi connectivity index (χ1n) is 6.63. The van der Waals surface area contributed by atoms with Gasteiger partial charge in [0, 0.05) is 6.04 Å². The molecule has 2 unspecified atom stereocenters. The Kier molecular flexibility index (Phi) is 5.93. The Morgan fingerprint density at radius 1 is 1.29 bits per heavy atom. The van der Waals surface area contributed by atoms with Crippen molar-refractivity contribution < 1.29 is 4.79 Å². The number of aromatic nitrogens is 2. The summed E-state index contributed by atoms with van der Waals surface area (Å²) in [5.41, 5.74) is 9.47. The Morgan fingerprint density at radius 2 is 1.90 bits per heavy atom. The summed E-state index contributed by atoms with van der Waals surface area (Å²) >= 11 is 0. The van der Waals surface area contributed by atoms with Crippen molar-refractivity contribution in [2.75, 3.05) is 5.32 Å². The molecule has 0 saturated carbocycles. The molecule has 21 heavy (non-hydrogen) atoms. The third-order valence-corrected chi connectivity index (χ3v) is 3.51. The Bertz CT molecular complexity index is 577. The summed E-state index contributed by atoms with van der Waals surface area (Å²) < 4.78 is 0. The van der Waals surface area contributed by atoms with Crippen LogP contribution in [-0.2, 0) is 4.79 Å². The van der Waals surface area contributed by atoms with Crippen LogP contribution in [0.15, 0.2) is 30.3 Å². The van der Waals surface area contributed by atoms with Crippen LogP contribution in [0.25, 0.3) is 0 Å². The quantitative estimate of drug-likeness (QED) is 0.812. The molecule has 114 valence electrons. The zero-order chi connectivity index (χ0) is 14.7. The van der Waals surface area contributed by atoms with E-state index in [2.05, 4.69) is 15.5 Å². The number of anilines is 1. The second-order valence-electron chi connectivity index (χ2n) is 5.02. The van der Waals surface area contributed by atoms with Crippen molar-refractivity contribution in [1.82, 2.24) is 10.2 Å². The fraction of sp³-hybridized carbons (Fsp3) is 0.333. The van der Waals surface area contributed by atoms with Crippen LogP contribution in [0, 0.1) is 19.8 Å². The van der Waals surface area contributed by atoms with E-state index in [0.29, 0.717) is 0 Å². The number of aromatic amines is 1. The van der Waals surface area contributed by atoms with E-state index in [1.54, 1.807) is 0 Å². The maximum absolute atomic E-state index is 12.3. The molecule has 2 atom stereocenters. The lowest BCUT2D eigenvalue weighted by Crippen LogP contribution is -2.30. The number of halogens is 1. The van der Waals surface area contributed by atoms with Gasteiger partial charge in [-0.3, -0.25) is 9.89 Å². The highest BCUT2D eigenvalue weighted by Gasteiger charge is 2.23. The molecule has 4 N–H and O–H groups in total. The average molecular weight is 309 g/mol. The van der Waals surface area contributed by atoms with Gasteiger partial charge in [0.2, 0.25) is 5.91 Å². The first-order valence-corrected chi connectivity index (χ1v) is 6.63. The highest BCUT2D eigenvalue weighted by Crippen LogP contribution is 2.22. The third kappa shape index (κ3) is 3.83. The smallest absolute Gasteiger partial charge is 0.229 e. The molecular weight excluding hydrogens is 288 g/mol. The summed E-state index contributed by atoms with van der Waals surface area (Å²) in [6, 6.07) is 9.31. The minimum atomic E-state index is -0.330. The van der Waals surface area contributed by atoms with Crippen molar-refractivity contribution in [2.24, 2.45) is 11.7 Å². The van der Waals surface area contributed by atoms with E-state index in [4.69, 9.17) is 5.73 Å². The largest absolute Gasteiger partial charge is 0.323 e. The van der Waals surface area contributed by atoms with Crippen molar-refractivity contribution in [3.63, 3.8) is 0 Å². The topological polar surface area (TPSA) is 83.8 Å².